The summed E-state index contributed by atoms with van der Waals surface area (Å²) < 4.78 is 5.34. The first kappa shape index (κ1) is 14.1. The van der Waals surface area contributed by atoms with Gasteiger partial charge in [0.1, 0.15) is 0 Å². The fourth-order valence-electron chi connectivity index (χ4n) is 3.46. The average Bonchev–Trinajstić information content (AvgIpc) is 2.48. The fraction of sp³-hybridized carbons (Fsp3) is 0.647. The molecular formula is C17H25NO2. The van der Waals surface area contributed by atoms with Crippen molar-refractivity contribution in [3.05, 3.63) is 35.4 Å². The van der Waals surface area contributed by atoms with Crippen molar-refractivity contribution < 1.29 is 9.84 Å². The van der Waals surface area contributed by atoms with E-state index in [0.29, 0.717) is 31.7 Å². The lowest BCUT2D eigenvalue weighted by molar-refractivity contribution is -0.0630. The molecule has 0 saturated carbocycles. The lowest BCUT2D eigenvalue weighted by atomic mass is 9.80. The maximum atomic E-state index is 10.6. The van der Waals surface area contributed by atoms with Crippen LogP contribution < -0.4 is 5.32 Å². The van der Waals surface area contributed by atoms with Crippen LogP contribution in [0.5, 0.6) is 0 Å². The van der Waals surface area contributed by atoms with Crippen molar-refractivity contribution >= 4 is 0 Å². The van der Waals surface area contributed by atoms with E-state index in [1.165, 1.54) is 17.5 Å². The van der Waals surface area contributed by atoms with Gasteiger partial charge >= 0.3 is 0 Å². The van der Waals surface area contributed by atoms with Crippen LogP contribution in [0.2, 0.25) is 0 Å². The molecule has 1 aliphatic heterocycles. The van der Waals surface area contributed by atoms with Crippen LogP contribution in [0.25, 0.3) is 0 Å². The topological polar surface area (TPSA) is 41.5 Å². The van der Waals surface area contributed by atoms with Crippen LogP contribution in [0, 0.1) is 0 Å². The van der Waals surface area contributed by atoms with Crippen molar-refractivity contribution in [3.8, 4) is 0 Å². The van der Waals surface area contributed by atoms with Crippen LogP contribution in [-0.4, -0.2) is 30.5 Å². The van der Waals surface area contributed by atoms with E-state index < -0.39 is 5.60 Å². The molecule has 0 aromatic heterocycles. The summed E-state index contributed by atoms with van der Waals surface area (Å²) in [7, 11) is 0. The minimum atomic E-state index is -0.587. The number of nitrogens with one attached hydrogen (secondary N) is 1. The van der Waals surface area contributed by atoms with Gasteiger partial charge in [0, 0.05) is 38.6 Å². The maximum Gasteiger partial charge on any atom is 0.0815 e. The minimum Gasteiger partial charge on any atom is -0.388 e. The van der Waals surface area contributed by atoms with Gasteiger partial charge in [-0.25, -0.2) is 0 Å². The highest BCUT2D eigenvalue weighted by molar-refractivity contribution is 5.34. The van der Waals surface area contributed by atoms with Gasteiger partial charge in [-0.15, -0.1) is 0 Å². The smallest absolute Gasteiger partial charge is 0.0815 e. The Balaban J connectivity index is 1.68. The van der Waals surface area contributed by atoms with Gasteiger partial charge in [-0.2, -0.15) is 0 Å². The summed E-state index contributed by atoms with van der Waals surface area (Å²) in [5.74, 6) is 0.649. The molecule has 1 heterocycles. The second-order valence-electron chi connectivity index (χ2n) is 6.38. The quantitative estimate of drug-likeness (QED) is 0.891. The molecule has 1 aromatic rings. The predicted octanol–water partition coefficient (Wildman–Crippen LogP) is 2.76. The Bertz CT molecular complexity index is 454. The Morgan fingerprint density at radius 3 is 2.65 bits per heavy atom. The zero-order valence-electron chi connectivity index (χ0n) is 12.3. The van der Waals surface area contributed by atoms with Crippen molar-refractivity contribution in [2.75, 3.05) is 19.8 Å². The molecule has 0 radical (unpaired) electrons. The molecule has 1 saturated heterocycles. The van der Waals surface area contributed by atoms with E-state index in [0.717, 1.165) is 19.3 Å². The van der Waals surface area contributed by atoms with E-state index in [-0.39, 0.29) is 0 Å². The molecule has 2 atom stereocenters. The summed E-state index contributed by atoms with van der Waals surface area (Å²) >= 11 is 0. The van der Waals surface area contributed by atoms with E-state index in [2.05, 4.69) is 36.5 Å². The monoisotopic (exact) mass is 275 g/mol. The molecule has 0 spiro atoms. The summed E-state index contributed by atoms with van der Waals surface area (Å²) in [5.41, 5.74) is 2.30. The Morgan fingerprint density at radius 1 is 1.20 bits per heavy atom. The summed E-state index contributed by atoms with van der Waals surface area (Å²) in [6, 6.07) is 9.11. The van der Waals surface area contributed by atoms with Crippen molar-refractivity contribution in [1.29, 1.82) is 0 Å². The molecule has 1 aromatic carbocycles. The minimum absolute atomic E-state index is 0.384. The number of benzene rings is 1. The first-order chi connectivity index (χ1) is 9.68. The van der Waals surface area contributed by atoms with Gasteiger partial charge in [-0.1, -0.05) is 31.2 Å². The van der Waals surface area contributed by atoms with Crippen molar-refractivity contribution in [2.45, 2.75) is 50.2 Å². The molecule has 3 heteroatoms. The van der Waals surface area contributed by atoms with Crippen LogP contribution in [0.1, 0.15) is 55.7 Å². The third-order valence-corrected chi connectivity index (χ3v) is 4.89. The average molecular weight is 275 g/mol. The summed E-state index contributed by atoms with van der Waals surface area (Å²) in [6.07, 6.45) is 3.86. The lowest BCUT2D eigenvalue weighted by Crippen LogP contribution is -2.46. The largest absolute Gasteiger partial charge is 0.388 e. The van der Waals surface area contributed by atoms with Gasteiger partial charge in [0.2, 0.25) is 0 Å². The van der Waals surface area contributed by atoms with E-state index in [1.807, 2.05) is 0 Å². The molecule has 0 amide bonds. The van der Waals surface area contributed by atoms with Gasteiger partial charge < -0.3 is 15.2 Å². The first-order valence-corrected chi connectivity index (χ1v) is 7.80. The standard InChI is InChI=1S/C17H25NO2/c1-13-6-7-16(15-5-3-2-4-14(13)15)18-12-17(19)8-10-20-11-9-17/h2-5,13,16,18-19H,6-12H2,1H3. The van der Waals surface area contributed by atoms with Gasteiger partial charge in [0.15, 0.2) is 0 Å². The summed E-state index contributed by atoms with van der Waals surface area (Å²) in [4.78, 5) is 0. The Hall–Kier alpha value is -0.900. The summed E-state index contributed by atoms with van der Waals surface area (Å²) in [6.45, 7) is 4.33. The number of hydrogen-bond donors (Lipinski definition) is 2. The van der Waals surface area contributed by atoms with Crippen LogP contribution >= 0.6 is 0 Å². The van der Waals surface area contributed by atoms with Gasteiger partial charge in [0.25, 0.3) is 0 Å². The molecule has 1 fully saturated rings. The molecule has 0 bridgehead atoms. The van der Waals surface area contributed by atoms with E-state index in [9.17, 15) is 5.11 Å². The molecule has 1 aliphatic carbocycles. The number of hydrogen-bond acceptors (Lipinski definition) is 3. The maximum absolute atomic E-state index is 10.6. The first-order valence-electron chi connectivity index (χ1n) is 7.80. The lowest BCUT2D eigenvalue weighted by Gasteiger charge is -2.36. The molecule has 3 nitrogen and oxygen atoms in total. The third kappa shape index (κ3) is 2.90. The summed E-state index contributed by atoms with van der Waals surface area (Å²) in [5, 5.41) is 14.2. The molecule has 3 rings (SSSR count). The van der Waals surface area contributed by atoms with E-state index in [4.69, 9.17) is 4.74 Å². The third-order valence-electron chi connectivity index (χ3n) is 4.89. The molecule has 110 valence electrons. The molecular weight excluding hydrogens is 250 g/mol. The van der Waals surface area contributed by atoms with Crippen molar-refractivity contribution in [3.63, 3.8) is 0 Å². The second kappa shape index (κ2) is 5.84. The van der Waals surface area contributed by atoms with Crippen LogP contribution in [0.15, 0.2) is 24.3 Å². The van der Waals surface area contributed by atoms with Gasteiger partial charge in [-0.3, -0.25) is 0 Å². The fourth-order valence-corrected chi connectivity index (χ4v) is 3.46. The number of rotatable bonds is 3. The molecule has 2 aliphatic rings. The van der Waals surface area contributed by atoms with Gasteiger partial charge in [-0.05, 0) is 29.9 Å². The Kier molecular flexibility index (Phi) is 4.11. The zero-order chi connectivity index (χ0) is 14.0. The number of fused-ring (bicyclic) bond motifs is 1. The van der Waals surface area contributed by atoms with E-state index >= 15 is 0 Å². The highest BCUT2D eigenvalue weighted by Gasteiger charge is 2.32. The molecule has 2 N–H and O–H groups in total. The van der Waals surface area contributed by atoms with Gasteiger partial charge in [0.05, 0.1) is 5.60 Å². The number of aliphatic hydroxyl groups is 1. The van der Waals surface area contributed by atoms with Crippen molar-refractivity contribution in [1.82, 2.24) is 5.32 Å². The normalized spacial score (nSPS) is 28.9. The van der Waals surface area contributed by atoms with Crippen LogP contribution in [-0.2, 0) is 4.74 Å². The SMILES string of the molecule is CC1CCC(NCC2(O)CCOCC2)c2ccccc21. The van der Waals surface area contributed by atoms with Crippen LogP contribution in [0.4, 0.5) is 0 Å². The highest BCUT2D eigenvalue weighted by atomic mass is 16.5. The predicted molar refractivity (Wildman–Crippen MR) is 79.8 cm³/mol. The Labute approximate surface area is 121 Å². The van der Waals surface area contributed by atoms with Crippen LogP contribution in [0.3, 0.4) is 0 Å². The Morgan fingerprint density at radius 2 is 1.90 bits per heavy atom. The number of ether oxygens (including phenoxy) is 1. The highest BCUT2D eigenvalue weighted by Crippen LogP contribution is 2.37. The van der Waals surface area contributed by atoms with Crippen molar-refractivity contribution in [2.24, 2.45) is 0 Å². The van der Waals surface area contributed by atoms with E-state index in [1.54, 1.807) is 0 Å². The second-order valence-corrected chi connectivity index (χ2v) is 6.38. The molecule has 2 unspecified atom stereocenters. The zero-order valence-corrected chi connectivity index (χ0v) is 12.3. The molecule has 20 heavy (non-hydrogen) atoms.